The quantitative estimate of drug-likeness (QED) is 0.353. The number of hydrogen-bond acceptors (Lipinski definition) is 2. The summed E-state index contributed by atoms with van der Waals surface area (Å²) in [6.07, 6.45) is 0. The molecule has 1 rings (SSSR count). The van der Waals surface area contributed by atoms with Gasteiger partial charge in [0.2, 0.25) is 0 Å². The van der Waals surface area contributed by atoms with Crippen LogP contribution < -0.4 is 5.73 Å². The fraction of sp³-hybridized carbons (Fsp3) is 0.857. The maximum absolute atomic E-state index is 8.90. The molecule has 0 amide bonds. The lowest BCUT2D eigenvalue weighted by molar-refractivity contribution is 0.209. The molecule has 0 saturated carbocycles. The monoisotopic (exact) mass is 157 g/mol. The Hall–Kier alpha value is -0.770. The third kappa shape index (κ3) is 1.63. The van der Waals surface area contributed by atoms with Crippen LogP contribution in [-0.4, -0.2) is 35.7 Å². The highest BCUT2D eigenvalue weighted by Crippen LogP contribution is 2.21. The highest BCUT2D eigenvalue weighted by atomic mass is 16.3. The number of rotatable bonds is 1. The standard InChI is InChI=1S/C7H15N3O/c1-5-2-10(7(8)9)3-6(5)4-11/h5-6,11H,2-4H2,1H3,(H3,8,9)/t5-,6+/m0/s1. The van der Waals surface area contributed by atoms with E-state index in [1.165, 1.54) is 0 Å². The van der Waals surface area contributed by atoms with E-state index in [9.17, 15) is 0 Å². The Kier molecular flexibility index (Phi) is 2.34. The van der Waals surface area contributed by atoms with Gasteiger partial charge in [-0.2, -0.15) is 0 Å². The van der Waals surface area contributed by atoms with Gasteiger partial charge in [-0.15, -0.1) is 0 Å². The van der Waals surface area contributed by atoms with E-state index in [-0.39, 0.29) is 12.6 Å². The fourth-order valence-electron chi connectivity index (χ4n) is 1.47. The van der Waals surface area contributed by atoms with Crippen molar-refractivity contribution in [3.8, 4) is 0 Å². The van der Waals surface area contributed by atoms with Crippen molar-refractivity contribution in [2.24, 2.45) is 17.6 Å². The molecule has 0 bridgehead atoms. The lowest BCUT2D eigenvalue weighted by atomic mass is 10.00. The second kappa shape index (κ2) is 3.09. The molecule has 1 fully saturated rings. The smallest absolute Gasteiger partial charge is 0.188 e. The maximum Gasteiger partial charge on any atom is 0.188 e. The van der Waals surface area contributed by atoms with Gasteiger partial charge < -0.3 is 15.7 Å². The summed E-state index contributed by atoms with van der Waals surface area (Å²) < 4.78 is 0. The van der Waals surface area contributed by atoms with Crippen molar-refractivity contribution in [3.63, 3.8) is 0 Å². The number of guanidine groups is 1. The van der Waals surface area contributed by atoms with Gasteiger partial charge in [0.15, 0.2) is 5.96 Å². The molecule has 11 heavy (non-hydrogen) atoms. The summed E-state index contributed by atoms with van der Waals surface area (Å²) >= 11 is 0. The summed E-state index contributed by atoms with van der Waals surface area (Å²) in [6, 6.07) is 0. The molecule has 1 aliphatic heterocycles. The molecule has 1 saturated heterocycles. The van der Waals surface area contributed by atoms with E-state index < -0.39 is 0 Å². The Morgan fingerprint density at radius 3 is 2.64 bits per heavy atom. The van der Waals surface area contributed by atoms with Gasteiger partial charge in [0, 0.05) is 25.6 Å². The summed E-state index contributed by atoms with van der Waals surface area (Å²) in [5.41, 5.74) is 5.30. The number of aliphatic hydroxyl groups excluding tert-OH is 1. The molecule has 0 unspecified atom stereocenters. The number of hydrogen-bond donors (Lipinski definition) is 3. The molecule has 4 N–H and O–H groups in total. The van der Waals surface area contributed by atoms with E-state index in [4.69, 9.17) is 16.2 Å². The number of aliphatic hydroxyl groups is 1. The highest BCUT2D eigenvalue weighted by Gasteiger charge is 2.29. The van der Waals surface area contributed by atoms with Crippen LogP contribution in [0.5, 0.6) is 0 Å². The molecule has 1 aliphatic rings. The third-order valence-electron chi connectivity index (χ3n) is 2.34. The predicted octanol–water partition coefficient (Wildman–Crippen LogP) is -0.560. The van der Waals surface area contributed by atoms with Gasteiger partial charge >= 0.3 is 0 Å². The highest BCUT2D eigenvalue weighted by molar-refractivity contribution is 5.74. The Morgan fingerprint density at radius 2 is 2.36 bits per heavy atom. The molecule has 1 heterocycles. The molecular weight excluding hydrogens is 142 g/mol. The van der Waals surface area contributed by atoms with Crippen molar-refractivity contribution in [1.29, 1.82) is 5.41 Å². The van der Waals surface area contributed by atoms with E-state index >= 15 is 0 Å². The largest absolute Gasteiger partial charge is 0.396 e. The summed E-state index contributed by atoms with van der Waals surface area (Å²) in [6.45, 7) is 3.81. The lowest BCUT2D eigenvalue weighted by Gasteiger charge is -2.14. The SMILES string of the molecule is C[C@H]1CN(C(=N)N)C[C@@H]1CO. The van der Waals surface area contributed by atoms with Gasteiger partial charge in [-0.1, -0.05) is 6.92 Å². The molecule has 2 atom stereocenters. The van der Waals surface area contributed by atoms with Gasteiger partial charge in [-0.05, 0) is 5.92 Å². The van der Waals surface area contributed by atoms with E-state index in [0.29, 0.717) is 11.8 Å². The number of nitrogens with two attached hydrogens (primary N) is 1. The Labute approximate surface area is 66.5 Å². The Balaban J connectivity index is 2.49. The summed E-state index contributed by atoms with van der Waals surface area (Å²) in [5, 5.41) is 16.1. The normalized spacial score (nSPS) is 30.9. The van der Waals surface area contributed by atoms with Crippen LogP contribution in [0, 0.1) is 17.2 Å². The maximum atomic E-state index is 8.90. The summed E-state index contributed by atoms with van der Waals surface area (Å²) in [4.78, 5) is 1.80. The zero-order chi connectivity index (χ0) is 8.43. The second-order valence-corrected chi connectivity index (χ2v) is 3.21. The van der Waals surface area contributed by atoms with Gasteiger partial charge in [0.1, 0.15) is 0 Å². The third-order valence-corrected chi connectivity index (χ3v) is 2.34. The molecule has 4 heteroatoms. The van der Waals surface area contributed by atoms with Gasteiger partial charge in [-0.25, -0.2) is 0 Å². The molecule has 4 nitrogen and oxygen atoms in total. The minimum absolute atomic E-state index is 0.118. The van der Waals surface area contributed by atoms with Crippen LogP contribution in [0.3, 0.4) is 0 Å². The zero-order valence-corrected chi connectivity index (χ0v) is 6.75. The molecule has 0 aromatic carbocycles. The zero-order valence-electron chi connectivity index (χ0n) is 6.75. The molecule has 0 aliphatic carbocycles. The van der Waals surface area contributed by atoms with Crippen LogP contribution in [0.2, 0.25) is 0 Å². The predicted molar refractivity (Wildman–Crippen MR) is 43.2 cm³/mol. The number of likely N-dealkylation sites (tertiary alicyclic amines) is 1. The van der Waals surface area contributed by atoms with Crippen molar-refractivity contribution in [2.45, 2.75) is 6.92 Å². The van der Waals surface area contributed by atoms with Crippen LogP contribution >= 0.6 is 0 Å². The average Bonchev–Trinajstić information content (AvgIpc) is 2.31. The van der Waals surface area contributed by atoms with Crippen LogP contribution in [0.1, 0.15) is 6.92 Å². The van der Waals surface area contributed by atoms with Crippen molar-refractivity contribution >= 4 is 5.96 Å². The first-order chi connectivity index (χ1) is 5.15. The lowest BCUT2D eigenvalue weighted by Crippen LogP contribution is -2.34. The van der Waals surface area contributed by atoms with Crippen molar-refractivity contribution in [3.05, 3.63) is 0 Å². The first kappa shape index (κ1) is 8.33. The topological polar surface area (TPSA) is 73.3 Å². The van der Waals surface area contributed by atoms with Crippen LogP contribution in [0.25, 0.3) is 0 Å². The average molecular weight is 157 g/mol. The van der Waals surface area contributed by atoms with Crippen molar-refractivity contribution < 1.29 is 5.11 Å². The minimum Gasteiger partial charge on any atom is -0.396 e. The van der Waals surface area contributed by atoms with E-state index in [1.54, 1.807) is 4.90 Å². The Morgan fingerprint density at radius 1 is 1.73 bits per heavy atom. The molecule has 0 aromatic heterocycles. The molecule has 0 aromatic rings. The fourth-order valence-corrected chi connectivity index (χ4v) is 1.47. The number of nitrogens with one attached hydrogen (secondary N) is 1. The van der Waals surface area contributed by atoms with Gasteiger partial charge in [0.25, 0.3) is 0 Å². The second-order valence-electron chi connectivity index (χ2n) is 3.21. The van der Waals surface area contributed by atoms with Crippen LogP contribution in [0.4, 0.5) is 0 Å². The van der Waals surface area contributed by atoms with Crippen LogP contribution in [-0.2, 0) is 0 Å². The summed E-state index contributed by atoms with van der Waals surface area (Å²) in [5.74, 6) is 0.857. The molecule has 0 spiro atoms. The number of nitrogens with zero attached hydrogens (tertiary/aromatic N) is 1. The summed E-state index contributed by atoms with van der Waals surface area (Å²) in [7, 11) is 0. The van der Waals surface area contributed by atoms with Gasteiger partial charge in [0.05, 0.1) is 0 Å². The van der Waals surface area contributed by atoms with Crippen molar-refractivity contribution in [1.82, 2.24) is 4.90 Å². The molecule has 64 valence electrons. The first-order valence-electron chi connectivity index (χ1n) is 3.85. The van der Waals surface area contributed by atoms with E-state index in [0.717, 1.165) is 13.1 Å². The van der Waals surface area contributed by atoms with Crippen molar-refractivity contribution in [2.75, 3.05) is 19.7 Å². The minimum atomic E-state index is 0.118. The van der Waals surface area contributed by atoms with E-state index in [2.05, 4.69) is 6.92 Å². The van der Waals surface area contributed by atoms with Crippen LogP contribution in [0.15, 0.2) is 0 Å². The molecule has 0 radical (unpaired) electrons. The first-order valence-corrected chi connectivity index (χ1v) is 3.85. The van der Waals surface area contributed by atoms with E-state index in [1.807, 2.05) is 0 Å². The van der Waals surface area contributed by atoms with Gasteiger partial charge in [-0.3, -0.25) is 5.41 Å². The Bertz CT molecular complexity index is 160. The molecular formula is C7H15N3O.